The van der Waals surface area contributed by atoms with E-state index in [4.69, 9.17) is 11.6 Å². The van der Waals surface area contributed by atoms with Gasteiger partial charge >= 0.3 is 0 Å². The Morgan fingerprint density at radius 3 is 3.00 bits per heavy atom. The highest BCUT2D eigenvalue weighted by Gasteiger charge is 2.09. The van der Waals surface area contributed by atoms with E-state index in [9.17, 15) is 5.11 Å². The van der Waals surface area contributed by atoms with Crippen LogP contribution in [-0.2, 0) is 5.88 Å². The van der Waals surface area contributed by atoms with E-state index in [-0.39, 0.29) is 0 Å². The van der Waals surface area contributed by atoms with Gasteiger partial charge in [0, 0.05) is 19.2 Å². The van der Waals surface area contributed by atoms with Crippen molar-refractivity contribution in [2.45, 2.75) is 5.88 Å². The van der Waals surface area contributed by atoms with Gasteiger partial charge < -0.3 is 5.11 Å². The second kappa shape index (κ2) is 3.63. The van der Waals surface area contributed by atoms with Gasteiger partial charge in [-0.1, -0.05) is 0 Å². The number of halogens is 2. The molecule has 0 aliphatic heterocycles. The lowest BCUT2D eigenvalue weighted by Gasteiger charge is -2.03. The summed E-state index contributed by atoms with van der Waals surface area (Å²) in [6, 6.07) is 3.76. The molecule has 2 aromatic rings. The highest BCUT2D eigenvalue weighted by Crippen LogP contribution is 2.35. The van der Waals surface area contributed by atoms with Crippen molar-refractivity contribution in [1.29, 1.82) is 0 Å². The molecule has 0 fully saturated rings. The number of hydrogen-bond donors (Lipinski definition) is 1. The summed E-state index contributed by atoms with van der Waals surface area (Å²) in [4.78, 5) is 0. The predicted molar refractivity (Wildman–Crippen MR) is 65.8 cm³/mol. The minimum Gasteiger partial charge on any atom is -0.508 e. The third-order valence-electron chi connectivity index (χ3n) is 1.91. The van der Waals surface area contributed by atoms with Crippen LogP contribution in [0.25, 0.3) is 10.1 Å². The van der Waals surface area contributed by atoms with Crippen LogP contribution >= 0.6 is 45.5 Å². The van der Waals surface area contributed by atoms with Crippen molar-refractivity contribution in [2.75, 3.05) is 0 Å². The van der Waals surface area contributed by atoms with E-state index in [0.717, 1.165) is 14.5 Å². The van der Waals surface area contributed by atoms with Gasteiger partial charge in [0.05, 0.1) is 5.88 Å². The Morgan fingerprint density at radius 1 is 1.54 bits per heavy atom. The van der Waals surface area contributed by atoms with E-state index in [0.29, 0.717) is 11.6 Å². The van der Waals surface area contributed by atoms with E-state index >= 15 is 0 Å². The number of aromatic hydroxyl groups is 1. The lowest BCUT2D eigenvalue weighted by atomic mass is 10.1. The third-order valence-corrected chi connectivity index (χ3v) is 4.35. The van der Waals surface area contributed by atoms with Crippen molar-refractivity contribution in [3.8, 4) is 5.75 Å². The lowest BCUT2D eigenvalue weighted by Crippen LogP contribution is -1.82. The summed E-state index contributed by atoms with van der Waals surface area (Å²) in [6.07, 6.45) is 0. The molecule has 0 spiro atoms. The average molecular weight is 325 g/mol. The molecule has 1 N–H and O–H groups in total. The maximum absolute atomic E-state index is 9.62. The maximum Gasteiger partial charge on any atom is 0.121 e. The van der Waals surface area contributed by atoms with Crippen molar-refractivity contribution < 1.29 is 5.11 Å². The summed E-state index contributed by atoms with van der Waals surface area (Å²) in [5.74, 6) is 0.654. The molecule has 2 rings (SSSR count). The van der Waals surface area contributed by atoms with Gasteiger partial charge in [-0.2, -0.15) is 0 Å². The van der Waals surface area contributed by atoms with Crippen molar-refractivity contribution >= 4 is 55.6 Å². The molecule has 0 unspecified atom stereocenters. The quantitative estimate of drug-likeness (QED) is 0.622. The molecule has 68 valence electrons. The Labute approximate surface area is 98.5 Å². The molecule has 0 atom stereocenters. The number of rotatable bonds is 1. The van der Waals surface area contributed by atoms with Gasteiger partial charge in [-0.05, 0) is 40.1 Å². The Hall–Kier alpha value is -0.000000000000000167. The average Bonchev–Trinajstić information content (AvgIpc) is 2.53. The molecule has 0 aliphatic rings. The monoisotopic (exact) mass is 324 g/mol. The fourth-order valence-electron chi connectivity index (χ4n) is 1.28. The predicted octanol–water partition coefficient (Wildman–Crippen LogP) is 3.95. The molecule has 4 heteroatoms. The minimum absolute atomic E-state index is 0.297. The fourth-order valence-corrected chi connectivity index (χ4v) is 3.36. The van der Waals surface area contributed by atoms with Crippen molar-refractivity contribution in [2.24, 2.45) is 0 Å². The van der Waals surface area contributed by atoms with Crippen molar-refractivity contribution in [3.63, 3.8) is 0 Å². The summed E-state index contributed by atoms with van der Waals surface area (Å²) < 4.78 is 2.28. The number of phenolic OH excluding ortho intramolecular Hbond substituents is 1. The highest BCUT2D eigenvalue weighted by atomic mass is 127. The van der Waals surface area contributed by atoms with Gasteiger partial charge in [0.15, 0.2) is 0 Å². The lowest BCUT2D eigenvalue weighted by molar-refractivity contribution is 0.471. The van der Waals surface area contributed by atoms with Crippen LogP contribution < -0.4 is 0 Å². The first kappa shape index (κ1) is 9.55. The van der Waals surface area contributed by atoms with E-state index < -0.39 is 0 Å². The number of hydrogen-bond acceptors (Lipinski definition) is 2. The van der Waals surface area contributed by atoms with Crippen molar-refractivity contribution in [1.82, 2.24) is 0 Å². The van der Waals surface area contributed by atoms with Crippen LogP contribution in [0.1, 0.15) is 5.56 Å². The smallest absolute Gasteiger partial charge is 0.121 e. The first-order valence-corrected chi connectivity index (χ1v) is 6.17. The number of phenols is 1. The fraction of sp³-hybridized carbons (Fsp3) is 0.111. The summed E-state index contributed by atoms with van der Waals surface area (Å²) in [5.41, 5.74) is 0.832. The maximum atomic E-state index is 9.62. The summed E-state index contributed by atoms with van der Waals surface area (Å²) >= 11 is 9.66. The zero-order valence-electron chi connectivity index (χ0n) is 6.55. The van der Waals surface area contributed by atoms with Gasteiger partial charge in [0.25, 0.3) is 0 Å². The Kier molecular flexibility index (Phi) is 2.67. The molecule has 0 amide bonds. The molecular weight excluding hydrogens is 319 g/mol. The van der Waals surface area contributed by atoms with Gasteiger partial charge in [0.2, 0.25) is 0 Å². The third kappa shape index (κ3) is 1.53. The Balaban J connectivity index is 2.88. The van der Waals surface area contributed by atoms with Gasteiger partial charge in [-0.3, -0.25) is 0 Å². The first-order valence-electron chi connectivity index (χ1n) is 3.67. The molecule has 0 aliphatic carbocycles. The second-order valence-electron chi connectivity index (χ2n) is 2.65. The molecule has 0 bridgehead atoms. The molecule has 0 saturated carbocycles. The largest absolute Gasteiger partial charge is 0.508 e. The first-order chi connectivity index (χ1) is 6.24. The molecule has 1 aromatic carbocycles. The zero-order valence-corrected chi connectivity index (χ0v) is 10.3. The molecule has 13 heavy (non-hydrogen) atoms. The van der Waals surface area contributed by atoms with Crippen LogP contribution in [0.4, 0.5) is 0 Å². The van der Waals surface area contributed by atoms with Crippen LogP contribution in [0.2, 0.25) is 0 Å². The second-order valence-corrected chi connectivity index (χ2v) is 5.00. The van der Waals surface area contributed by atoms with Crippen LogP contribution in [0, 0.1) is 3.57 Å². The standard InChI is InChI=1S/C9H6ClIOS/c10-4-6-5-1-2-13-9(5)7(11)3-8(6)12/h1-3,12H,4H2. The normalized spacial score (nSPS) is 10.9. The molecule has 1 heterocycles. The molecule has 1 nitrogen and oxygen atoms in total. The van der Waals surface area contributed by atoms with E-state index in [1.54, 1.807) is 17.4 Å². The molecule has 0 saturated heterocycles. The molecule has 1 aromatic heterocycles. The van der Waals surface area contributed by atoms with E-state index in [1.165, 1.54) is 4.70 Å². The summed E-state index contributed by atoms with van der Waals surface area (Å²) in [5, 5.41) is 12.7. The van der Waals surface area contributed by atoms with E-state index in [1.807, 2.05) is 11.4 Å². The minimum atomic E-state index is 0.297. The van der Waals surface area contributed by atoms with E-state index in [2.05, 4.69) is 22.6 Å². The Bertz CT molecular complexity index is 452. The van der Waals surface area contributed by atoms with Crippen LogP contribution in [-0.4, -0.2) is 5.11 Å². The number of fused-ring (bicyclic) bond motifs is 1. The van der Waals surface area contributed by atoms with Crippen molar-refractivity contribution in [3.05, 3.63) is 26.6 Å². The summed E-state index contributed by atoms with van der Waals surface area (Å²) in [6.45, 7) is 0. The molecule has 0 radical (unpaired) electrons. The Morgan fingerprint density at radius 2 is 2.31 bits per heavy atom. The van der Waals surface area contributed by atoms with Gasteiger partial charge in [-0.15, -0.1) is 22.9 Å². The number of benzene rings is 1. The zero-order chi connectivity index (χ0) is 9.42. The number of alkyl halides is 1. The van der Waals surface area contributed by atoms with Gasteiger partial charge in [0.1, 0.15) is 5.75 Å². The topological polar surface area (TPSA) is 20.2 Å². The van der Waals surface area contributed by atoms with Gasteiger partial charge in [-0.25, -0.2) is 0 Å². The van der Waals surface area contributed by atoms with Crippen LogP contribution in [0.5, 0.6) is 5.75 Å². The highest BCUT2D eigenvalue weighted by molar-refractivity contribution is 14.1. The van der Waals surface area contributed by atoms with Crippen LogP contribution in [0.3, 0.4) is 0 Å². The SMILES string of the molecule is Oc1cc(I)c2sccc2c1CCl. The molecular formula is C9H6ClIOS. The summed E-state index contributed by atoms with van der Waals surface area (Å²) in [7, 11) is 0. The number of thiophene rings is 1. The van der Waals surface area contributed by atoms with Crippen LogP contribution in [0.15, 0.2) is 17.5 Å².